The minimum absolute atomic E-state index is 0.0291. The molecule has 1 heterocycles. The molecule has 2 atom stereocenters. The van der Waals surface area contributed by atoms with Crippen molar-refractivity contribution in [1.82, 2.24) is 10.2 Å². The number of amides is 2. The third kappa shape index (κ3) is 4.16. The van der Waals surface area contributed by atoms with E-state index in [-0.39, 0.29) is 23.6 Å². The summed E-state index contributed by atoms with van der Waals surface area (Å²) in [5.74, 6) is 0.342. The van der Waals surface area contributed by atoms with Crippen molar-refractivity contribution in [2.75, 3.05) is 13.1 Å². The Hall–Kier alpha value is -0.770. The van der Waals surface area contributed by atoms with Crippen molar-refractivity contribution < 1.29 is 9.90 Å². The number of carbonyl (C=O) groups excluding carboxylic acids is 1. The van der Waals surface area contributed by atoms with Crippen molar-refractivity contribution in [3.63, 3.8) is 0 Å². The predicted octanol–water partition coefficient (Wildman–Crippen LogP) is 2.22. The van der Waals surface area contributed by atoms with Gasteiger partial charge in [-0.1, -0.05) is 20.8 Å². The summed E-state index contributed by atoms with van der Waals surface area (Å²) < 4.78 is 0. The second-order valence-corrected chi connectivity index (χ2v) is 6.60. The van der Waals surface area contributed by atoms with Crippen LogP contribution in [-0.4, -0.2) is 41.3 Å². The second kappa shape index (κ2) is 5.91. The fourth-order valence-electron chi connectivity index (χ4n) is 2.08. The lowest BCUT2D eigenvalue weighted by Crippen LogP contribution is -2.50. The van der Waals surface area contributed by atoms with Gasteiger partial charge in [-0.05, 0) is 38.0 Å². The first kappa shape index (κ1) is 15.3. The molecule has 0 aliphatic carbocycles. The van der Waals surface area contributed by atoms with Crippen LogP contribution in [0.4, 0.5) is 4.79 Å². The van der Waals surface area contributed by atoms with Crippen LogP contribution in [0.5, 0.6) is 0 Å². The summed E-state index contributed by atoms with van der Waals surface area (Å²) in [4.78, 5) is 13.9. The third-order valence-electron chi connectivity index (χ3n) is 4.15. The van der Waals surface area contributed by atoms with Crippen LogP contribution in [0.3, 0.4) is 0 Å². The van der Waals surface area contributed by atoms with Crippen molar-refractivity contribution in [3.05, 3.63) is 0 Å². The van der Waals surface area contributed by atoms with E-state index in [1.807, 2.05) is 18.7 Å². The maximum absolute atomic E-state index is 12.1. The van der Waals surface area contributed by atoms with Crippen LogP contribution in [-0.2, 0) is 0 Å². The Balaban J connectivity index is 2.41. The van der Waals surface area contributed by atoms with Gasteiger partial charge in [0.05, 0.1) is 6.10 Å². The quantitative estimate of drug-likeness (QED) is 0.796. The summed E-state index contributed by atoms with van der Waals surface area (Å²) in [6.45, 7) is 11.7. The number of rotatable bonds is 2. The van der Waals surface area contributed by atoms with Crippen LogP contribution in [0.25, 0.3) is 0 Å². The highest BCUT2D eigenvalue weighted by Gasteiger charge is 2.28. The zero-order chi connectivity index (χ0) is 13.9. The lowest BCUT2D eigenvalue weighted by molar-refractivity contribution is 0.0785. The highest BCUT2D eigenvalue weighted by molar-refractivity contribution is 5.74. The molecular formula is C14H28N2O2. The number of carbonyl (C=O) groups is 1. The molecule has 0 aromatic rings. The highest BCUT2D eigenvalue weighted by Crippen LogP contribution is 2.22. The summed E-state index contributed by atoms with van der Waals surface area (Å²) in [5, 5.41) is 12.6. The summed E-state index contributed by atoms with van der Waals surface area (Å²) in [5.41, 5.74) is 0.0770. The normalized spacial score (nSPS) is 21.6. The van der Waals surface area contributed by atoms with E-state index >= 15 is 0 Å². The Labute approximate surface area is 111 Å². The summed E-state index contributed by atoms with van der Waals surface area (Å²) in [6, 6.07) is 0.181. The smallest absolute Gasteiger partial charge is 0.317 e. The summed E-state index contributed by atoms with van der Waals surface area (Å²) in [6.07, 6.45) is 1.54. The van der Waals surface area contributed by atoms with Crippen molar-refractivity contribution in [2.24, 2.45) is 11.3 Å². The minimum Gasteiger partial charge on any atom is -0.393 e. The fourth-order valence-corrected chi connectivity index (χ4v) is 2.08. The van der Waals surface area contributed by atoms with E-state index in [4.69, 9.17) is 0 Å². The first-order chi connectivity index (χ1) is 8.21. The molecule has 0 aromatic carbocycles. The fraction of sp³-hybridized carbons (Fsp3) is 0.929. The molecule has 2 amide bonds. The Morgan fingerprint density at radius 2 is 1.78 bits per heavy atom. The number of hydrogen-bond acceptors (Lipinski definition) is 2. The van der Waals surface area contributed by atoms with Crippen LogP contribution < -0.4 is 5.32 Å². The zero-order valence-corrected chi connectivity index (χ0v) is 12.4. The Morgan fingerprint density at radius 3 is 2.17 bits per heavy atom. The van der Waals surface area contributed by atoms with Crippen molar-refractivity contribution in [2.45, 2.75) is 59.6 Å². The maximum Gasteiger partial charge on any atom is 0.317 e. The lowest BCUT2D eigenvalue weighted by atomic mass is 9.88. The molecule has 2 N–H and O–H groups in total. The van der Waals surface area contributed by atoms with Gasteiger partial charge in [0.25, 0.3) is 0 Å². The molecule has 106 valence electrons. The molecule has 0 bridgehead atoms. The number of urea groups is 1. The van der Waals surface area contributed by atoms with Crippen LogP contribution >= 0.6 is 0 Å². The van der Waals surface area contributed by atoms with Gasteiger partial charge in [-0.2, -0.15) is 0 Å². The molecule has 1 aliphatic heterocycles. The van der Waals surface area contributed by atoms with Gasteiger partial charge in [0.2, 0.25) is 0 Å². The molecule has 4 heteroatoms. The first-order valence-electron chi connectivity index (χ1n) is 6.95. The van der Waals surface area contributed by atoms with E-state index in [0.717, 1.165) is 25.9 Å². The van der Waals surface area contributed by atoms with Gasteiger partial charge in [0.1, 0.15) is 0 Å². The molecule has 18 heavy (non-hydrogen) atoms. The van der Waals surface area contributed by atoms with Crippen LogP contribution in [0.15, 0.2) is 0 Å². The molecule has 4 nitrogen and oxygen atoms in total. The number of nitrogens with one attached hydrogen (secondary N) is 1. The predicted molar refractivity (Wildman–Crippen MR) is 73.4 cm³/mol. The van der Waals surface area contributed by atoms with Crippen molar-refractivity contribution >= 4 is 6.03 Å². The molecule has 1 saturated heterocycles. The Morgan fingerprint density at radius 1 is 1.28 bits per heavy atom. The van der Waals surface area contributed by atoms with Crippen LogP contribution in [0.1, 0.15) is 47.5 Å². The van der Waals surface area contributed by atoms with Crippen molar-refractivity contribution in [3.8, 4) is 0 Å². The van der Waals surface area contributed by atoms with E-state index in [2.05, 4.69) is 26.1 Å². The number of hydrogen-bond donors (Lipinski definition) is 2. The topological polar surface area (TPSA) is 52.6 Å². The van der Waals surface area contributed by atoms with Gasteiger partial charge in [-0.25, -0.2) is 4.79 Å². The van der Waals surface area contributed by atoms with E-state index < -0.39 is 0 Å². The van der Waals surface area contributed by atoms with Gasteiger partial charge in [-0.3, -0.25) is 0 Å². The summed E-state index contributed by atoms with van der Waals surface area (Å²) in [7, 11) is 0. The average Bonchev–Trinajstić information content (AvgIpc) is 2.27. The van der Waals surface area contributed by atoms with Crippen molar-refractivity contribution in [1.29, 1.82) is 0 Å². The molecule has 1 aliphatic rings. The highest BCUT2D eigenvalue weighted by atomic mass is 16.3. The molecular weight excluding hydrogens is 228 g/mol. The minimum atomic E-state index is -0.260. The molecule has 1 rings (SSSR count). The molecule has 0 radical (unpaired) electrons. The third-order valence-corrected chi connectivity index (χ3v) is 4.15. The summed E-state index contributed by atoms with van der Waals surface area (Å²) >= 11 is 0. The molecule has 0 aromatic heterocycles. The number of piperidine rings is 1. The van der Waals surface area contributed by atoms with Gasteiger partial charge in [-0.15, -0.1) is 0 Å². The van der Waals surface area contributed by atoms with E-state index in [1.54, 1.807) is 0 Å². The van der Waals surface area contributed by atoms with E-state index in [0.29, 0.717) is 5.92 Å². The standard InChI is InChI=1S/C14H28N2O2/c1-10(17)12-6-8-16(9-7-12)13(18)15-11(2)14(3,4)5/h10-12,17H,6-9H2,1-5H3,(H,15,18). The SMILES string of the molecule is CC(O)C1CCN(C(=O)NC(C)C(C)(C)C)CC1. The van der Waals surface area contributed by atoms with E-state index in [9.17, 15) is 9.90 Å². The van der Waals surface area contributed by atoms with Gasteiger partial charge >= 0.3 is 6.03 Å². The van der Waals surface area contributed by atoms with Gasteiger partial charge < -0.3 is 15.3 Å². The molecule has 1 fully saturated rings. The maximum atomic E-state index is 12.1. The molecule has 2 unspecified atom stereocenters. The second-order valence-electron chi connectivity index (χ2n) is 6.60. The van der Waals surface area contributed by atoms with Crippen LogP contribution in [0, 0.1) is 11.3 Å². The number of nitrogens with zero attached hydrogens (tertiary/aromatic N) is 1. The monoisotopic (exact) mass is 256 g/mol. The molecule has 0 spiro atoms. The zero-order valence-electron chi connectivity index (χ0n) is 12.4. The Bertz CT molecular complexity index is 276. The van der Waals surface area contributed by atoms with Gasteiger partial charge in [0.15, 0.2) is 0 Å². The largest absolute Gasteiger partial charge is 0.393 e. The lowest BCUT2D eigenvalue weighted by Gasteiger charge is -2.36. The van der Waals surface area contributed by atoms with E-state index in [1.165, 1.54) is 0 Å². The van der Waals surface area contributed by atoms with Gasteiger partial charge in [0, 0.05) is 19.1 Å². The number of aliphatic hydroxyl groups excluding tert-OH is 1. The van der Waals surface area contributed by atoms with Crippen LogP contribution in [0.2, 0.25) is 0 Å². The molecule has 0 saturated carbocycles. The number of aliphatic hydroxyl groups is 1. The first-order valence-corrected chi connectivity index (χ1v) is 6.95. The number of likely N-dealkylation sites (tertiary alicyclic amines) is 1. The Kier molecular flexibility index (Phi) is 5.02. The average molecular weight is 256 g/mol.